The molecule has 2 aliphatic heterocycles. The first-order valence-electron chi connectivity index (χ1n) is 8.77. The van der Waals surface area contributed by atoms with Gasteiger partial charge in [0.2, 0.25) is 11.8 Å². The number of aliphatic hydroxyl groups excluding tert-OH is 1. The van der Waals surface area contributed by atoms with Gasteiger partial charge in [0.1, 0.15) is 11.6 Å². The maximum absolute atomic E-state index is 12.9. The number of carbonyl (C=O) groups is 3. The summed E-state index contributed by atoms with van der Waals surface area (Å²) in [7, 11) is 0. The summed E-state index contributed by atoms with van der Waals surface area (Å²) in [6, 6.07) is -0.883. The van der Waals surface area contributed by atoms with E-state index in [1.807, 2.05) is 13.8 Å². The first-order valence-corrected chi connectivity index (χ1v) is 8.77. The molecule has 0 bridgehead atoms. The SMILES string of the molecule is CC#CCN1C(=O)[C@@H]([C@H](O)C(C)C)NC(=O)C12CCNCC2.CC(=O)O. The molecule has 4 N–H and O–H groups in total. The van der Waals surface area contributed by atoms with Crippen LogP contribution in [0.5, 0.6) is 0 Å². The fourth-order valence-electron chi connectivity index (χ4n) is 3.18. The molecule has 0 aliphatic carbocycles. The molecule has 0 aromatic heterocycles. The molecule has 8 heteroatoms. The number of hydrogen-bond acceptors (Lipinski definition) is 5. The second kappa shape index (κ2) is 9.55. The molecule has 0 aromatic carbocycles. The van der Waals surface area contributed by atoms with Crippen molar-refractivity contribution in [1.82, 2.24) is 15.5 Å². The summed E-state index contributed by atoms with van der Waals surface area (Å²) in [6.45, 7) is 8.06. The first kappa shape index (κ1) is 21.9. The van der Waals surface area contributed by atoms with Crippen LogP contribution >= 0.6 is 0 Å². The van der Waals surface area contributed by atoms with Crippen LogP contribution in [0.15, 0.2) is 0 Å². The Balaban J connectivity index is 0.000000765. The third kappa shape index (κ3) is 4.96. The lowest BCUT2D eigenvalue weighted by atomic mass is 9.81. The van der Waals surface area contributed by atoms with E-state index >= 15 is 0 Å². The molecule has 2 amide bonds. The van der Waals surface area contributed by atoms with Crippen molar-refractivity contribution < 1.29 is 24.6 Å². The van der Waals surface area contributed by atoms with Crippen LogP contribution in [0, 0.1) is 17.8 Å². The van der Waals surface area contributed by atoms with E-state index in [9.17, 15) is 14.7 Å². The molecule has 2 atom stereocenters. The molecule has 0 unspecified atom stereocenters. The Bertz CT molecular complexity index is 583. The highest BCUT2D eigenvalue weighted by Gasteiger charge is 2.54. The zero-order chi connectivity index (χ0) is 19.9. The number of nitrogens with zero attached hydrogens (tertiary/aromatic N) is 1. The molecule has 146 valence electrons. The lowest BCUT2D eigenvalue weighted by molar-refractivity contribution is -0.162. The van der Waals surface area contributed by atoms with Crippen molar-refractivity contribution >= 4 is 17.8 Å². The van der Waals surface area contributed by atoms with Crippen molar-refractivity contribution in [3.8, 4) is 11.8 Å². The van der Waals surface area contributed by atoms with Crippen LogP contribution in [0.25, 0.3) is 0 Å². The minimum atomic E-state index is -0.896. The number of rotatable bonds is 3. The van der Waals surface area contributed by atoms with Crippen molar-refractivity contribution in [2.45, 2.75) is 58.2 Å². The van der Waals surface area contributed by atoms with Gasteiger partial charge in [-0.2, -0.15) is 0 Å². The third-order valence-electron chi connectivity index (χ3n) is 4.63. The van der Waals surface area contributed by atoms with Gasteiger partial charge in [-0.1, -0.05) is 19.8 Å². The standard InChI is InChI=1S/C16H25N3O3.C2H4O2/c1-4-5-10-19-14(21)12(13(20)11(2)3)18-15(22)16(19)6-8-17-9-7-16;1-2(3)4/h11-13,17,20H,6-10H2,1-3H3,(H,18,22);1H3,(H,3,4)/t12-,13-;/m1./s1. The molecule has 8 nitrogen and oxygen atoms in total. The van der Waals surface area contributed by atoms with Crippen molar-refractivity contribution in [2.24, 2.45) is 5.92 Å². The van der Waals surface area contributed by atoms with E-state index in [0.717, 1.165) is 6.92 Å². The lowest BCUT2D eigenvalue weighted by Gasteiger charge is -2.50. The molecule has 0 saturated carbocycles. The minimum absolute atomic E-state index is 0.115. The smallest absolute Gasteiger partial charge is 0.300 e. The van der Waals surface area contributed by atoms with Gasteiger partial charge >= 0.3 is 0 Å². The summed E-state index contributed by atoms with van der Waals surface area (Å²) in [5, 5.41) is 23.7. The van der Waals surface area contributed by atoms with E-state index < -0.39 is 23.7 Å². The summed E-state index contributed by atoms with van der Waals surface area (Å²) in [5.74, 6) is 4.34. The minimum Gasteiger partial charge on any atom is -0.481 e. The van der Waals surface area contributed by atoms with Gasteiger partial charge < -0.3 is 25.7 Å². The van der Waals surface area contributed by atoms with E-state index in [2.05, 4.69) is 22.5 Å². The number of aliphatic carboxylic acids is 1. The lowest BCUT2D eigenvalue weighted by Crippen LogP contribution is -2.74. The normalized spacial score (nSPS) is 22.7. The van der Waals surface area contributed by atoms with Gasteiger partial charge in [0, 0.05) is 6.92 Å². The second-order valence-corrected chi connectivity index (χ2v) is 6.84. The van der Waals surface area contributed by atoms with E-state index in [1.54, 1.807) is 11.8 Å². The van der Waals surface area contributed by atoms with Gasteiger partial charge in [0.15, 0.2) is 0 Å². The highest BCUT2D eigenvalue weighted by Crippen LogP contribution is 2.31. The summed E-state index contributed by atoms with van der Waals surface area (Å²) in [6.07, 6.45) is 0.244. The fourth-order valence-corrected chi connectivity index (χ4v) is 3.18. The summed E-state index contributed by atoms with van der Waals surface area (Å²) in [5.41, 5.74) is -0.834. The van der Waals surface area contributed by atoms with Gasteiger partial charge in [0.05, 0.1) is 12.6 Å². The molecular weight excluding hydrogens is 338 g/mol. The average Bonchev–Trinajstić information content (AvgIpc) is 2.58. The maximum atomic E-state index is 12.9. The number of piperazine rings is 1. The molecule has 0 aromatic rings. The highest BCUT2D eigenvalue weighted by molar-refractivity contribution is 6.00. The quantitative estimate of drug-likeness (QED) is 0.503. The molecular formula is C18H29N3O5. The molecule has 2 fully saturated rings. The van der Waals surface area contributed by atoms with Crippen molar-refractivity contribution in [2.75, 3.05) is 19.6 Å². The molecule has 2 heterocycles. The van der Waals surface area contributed by atoms with E-state index in [0.29, 0.717) is 25.9 Å². The number of nitrogens with one attached hydrogen (secondary N) is 2. The first-order chi connectivity index (χ1) is 12.2. The summed E-state index contributed by atoms with van der Waals surface area (Å²) in [4.78, 5) is 36.2. The van der Waals surface area contributed by atoms with Crippen LogP contribution in [0.1, 0.15) is 40.5 Å². The Labute approximate surface area is 154 Å². The van der Waals surface area contributed by atoms with E-state index in [4.69, 9.17) is 9.90 Å². The maximum Gasteiger partial charge on any atom is 0.300 e. The topological polar surface area (TPSA) is 119 Å². The Morgan fingerprint density at radius 2 is 1.88 bits per heavy atom. The molecule has 1 spiro atoms. The van der Waals surface area contributed by atoms with E-state index in [-0.39, 0.29) is 24.3 Å². The highest BCUT2D eigenvalue weighted by atomic mass is 16.4. The van der Waals surface area contributed by atoms with Crippen LogP contribution in [-0.2, 0) is 14.4 Å². The second-order valence-electron chi connectivity index (χ2n) is 6.84. The van der Waals surface area contributed by atoms with Gasteiger partial charge in [-0.3, -0.25) is 14.4 Å². The summed E-state index contributed by atoms with van der Waals surface area (Å²) >= 11 is 0. The Morgan fingerprint density at radius 3 is 2.35 bits per heavy atom. The predicted molar refractivity (Wildman–Crippen MR) is 96.1 cm³/mol. The van der Waals surface area contributed by atoms with Gasteiger partial charge in [-0.15, -0.1) is 5.92 Å². The number of piperidine rings is 1. The van der Waals surface area contributed by atoms with Crippen LogP contribution in [0.2, 0.25) is 0 Å². The van der Waals surface area contributed by atoms with Crippen LogP contribution in [0.4, 0.5) is 0 Å². The van der Waals surface area contributed by atoms with Gasteiger partial charge in [0.25, 0.3) is 5.97 Å². The summed E-state index contributed by atoms with van der Waals surface area (Å²) < 4.78 is 0. The zero-order valence-corrected chi connectivity index (χ0v) is 15.8. The number of carboxylic acid groups (broad SMARTS) is 1. The molecule has 2 rings (SSSR count). The number of carboxylic acids is 1. The van der Waals surface area contributed by atoms with Gasteiger partial charge in [-0.05, 0) is 38.8 Å². The number of hydrogen-bond donors (Lipinski definition) is 4. The molecule has 26 heavy (non-hydrogen) atoms. The molecule has 2 saturated heterocycles. The fraction of sp³-hybridized carbons (Fsp3) is 0.722. The van der Waals surface area contributed by atoms with Gasteiger partial charge in [-0.25, -0.2) is 0 Å². The third-order valence-corrected chi connectivity index (χ3v) is 4.63. The largest absolute Gasteiger partial charge is 0.481 e. The molecule has 0 radical (unpaired) electrons. The van der Waals surface area contributed by atoms with Crippen LogP contribution in [0.3, 0.4) is 0 Å². The Morgan fingerprint density at radius 1 is 1.35 bits per heavy atom. The zero-order valence-electron chi connectivity index (χ0n) is 15.8. The van der Waals surface area contributed by atoms with Crippen LogP contribution < -0.4 is 10.6 Å². The van der Waals surface area contributed by atoms with Crippen LogP contribution in [-0.4, -0.2) is 70.2 Å². The van der Waals surface area contributed by atoms with Crippen molar-refractivity contribution in [3.05, 3.63) is 0 Å². The number of aliphatic hydroxyl groups is 1. The Hall–Kier alpha value is -2.11. The number of amides is 2. The Kier molecular flexibility index (Phi) is 8.06. The monoisotopic (exact) mass is 367 g/mol. The van der Waals surface area contributed by atoms with Crippen molar-refractivity contribution in [1.29, 1.82) is 0 Å². The number of carbonyl (C=O) groups excluding carboxylic acids is 2. The average molecular weight is 367 g/mol. The molecule has 2 aliphatic rings. The van der Waals surface area contributed by atoms with E-state index in [1.165, 1.54) is 0 Å². The predicted octanol–water partition coefficient (Wildman–Crippen LogP) is -0.433. The van der Waals surface area contributed by atoms with Crippen molar-refractivity contribution in [3.63, 3.8) is 0 Å².